The molecule has 0 saturated heterocycles. The van der Waals surface area contributed by atoms with Crippen LogP contribution in [0.15, 0.2) is 6.20 Å². The second-order valence-electron chi connectivity index (χ2n) is 4.32. The van der Waals surface area contributed by atoms with E-state index >= 15 is 0 Å². The molecule has 16 heavy (non-hydrogen) atoms. The number of nitrogens with zero attached hydrogens (tertiary/aromatic N) is 1. The monoisotopic (exact) mass is 240 g/mol. The summed E-state index contributed by atoms with van der Waals surface area (Å²) >= 11 is 1.87. The smallest absolute Gasteiger partial charge is 0.0959 e. The summed E-state index contributed by atoms with van der Waals surface area (Å²) in [6.07, 6.45) is 7.04. The summed E-state index contributed by atoms with van der Waals surface area (Å²) in [6.45, 7) is 2.91. The van der Waals surface area contributed by atoms with Crippen LogP contribution in [0.3, 0.4) is 0 Å². The summed E-state index contributed by atoms with van der Waals surface area (Å²) in [4.78, 5) is 5.83. The summed E-state index contributed by atoms with van der Waals surface area (Å²) in [5, 5.41) is 4.79. The van der Waals surface area contributed by atoms with Gasteiger partial charge in [-0.25, -0.2) is 4.98 Å². The molecular weight excluding hydrogens is 220 g/mol. The van der Waals surface area contributed by atoms with Gasteiger partial charge in [-0.05, 0) is 32.2 Å². The molecule has 0 aromatic carbocycles. The van der Waals surface area contributed by atoms with Crippen molar-refractivity contribution < 1.29 is 4.74 Å². The number of hydrogen-bond donors (Lipinski definition) is 1. The first-order valence-corrected chi connectivity index (χ1v) is 6.86. The molecule has 1 saturated carbocycles. The van der Waals surface area contributed by atoms with E-state index in [1.165, 1.54) is 29.1 Å². The third-order valence-electron chi connectivity index (χ3n) is 2.75. The maximum absolute atomic E-state index is 5.01. The zero-order chi connectivity index (χ0) is 11.2. The van der Waals surface area contributed by atoms with Crippen molar-refractivity contribution in [1.29, 1.82) is 0 Å². The average Bonchev–Trinajstić information content (AvgIpc) is 3.04. The van der Waals surface area contributed by atoms with Gasteiger partial charge in [0.05, 0.1) is 5.01 Å². The highest BCUT2D eigenvalue weighted by atomic mass is 32.1. The Morgan fingerprint density at radius 2 is 2.38 bits per heavy atom. The average molecular weight is 240 g/mol. The van der Waals surface area contributed by atoms with Crippen LogP contribution in [0.25, 0.3) is 0 Å². The lowest BCUT2D eigenvalue weighted by Crippen LogP contribution is -2.14. The molecule has 90 valence electrons. The van der Waals surface area contributed by atoms with Crippen molar-refractivity contribution in [2.45, 2.75) is 38.1 Å². The van der Waals surface area contributed by atoms with E-state index in [0.717, 1.165) is 32.0 Å². The van der Waals surface area contributed by atoms with Crippen LogP contribution in [-0.4, -0.2) is 25.2 Å². The molecule has 1 aliphatic rings. The van der Waals surface area contributed by atoms with E-state index in [4.69, 9.17) is 4.74 Å². The van der Waals surface area contributed by atoms with Crippen molar-refractivity contribution in [3.05, 3.63) is 16.1 Å². The highest BCUT2D eigenvalue weighted by Crippen LogP contribution is 2.41. The van der Waals surface area contributed by atoms with Gasteiger partial charge < -0.3 is 10.1 Å². The number of ether oxygens (including phenoxy) is 1. The predicted octanol–water partition coefficient (Wildman–Crippen LogP) is 2.54. The molecule has 0 amide bonds. The molecule has 0 bridgehead atoms. The minimum absolute atomic E-state index is 0.792. The predicted molar refractivity (Wildman–Crippen MR) is 66.9 cm³/mol. The minimum Gasteiger partial charge on any atom is -0.385 e. The van der Waals surface area contributed by atoms with Crippen LogP contribution >= 0.6 is 11.3 Å². The Balaban J connectivity index is 1.57. The van der Waals surface area contributed by atoms with E-state index in [2.05, 4.69) is 10.3 Å². The van der Waals surface area contributed by atoms with Crippen LogP contribution in [0.4, 0.5) is 0 Å². The van der Waals surface area contributed by atoms with Crippen LogP contribution in [0.5, 0.6) is 0 Å². The molecule has 0 radical (unpaired) electrons. The fraction of sp³-hybridized carbons (Fsp3) is 0.750. The molecule has 0 atom stereocenters. The number of nitrogens with one attached hydrogen (secondary N) is 1. The first-order valence-electron chi connectivity index (χ1n) is 6.04. The summed E-state index contributed by atoms with van der Waals surface area (Å²) in [5.74, 6) is 0.792. The summed E-state index contributed by atoms with van der Waals surface area (Å²) in [5.41, 5.74) is 0. The van der Waals surface area contributed by atoms with Gasteiger partial charge in [-0.15, -0.1) is 11.3 Å². The minimum atomic E-state index is 0.792. The van der Waals surface area contributed by atoms with Gasteiger partial charge in [0.2, 0.25) is 0 Å². The zero-order valence-electron chi connectivity index (χ0n) is 9.87. The van der Waals surface area contributed by atoms with Crippen molar-refractivity contribution in [1.82, 2.24) is 10.3 Å². The van der Waals surface area contributed by atoms with E-state index in [-0.39, 0.29) is 0 Å². The van der Waals surface area contributed by atoms with Crippen molar-refractivity contribution in [2.24, 2.45) is 0 Å². The van der Waals surface area contributed by atoms with Crippen LogP contribution in [-0.2, 0) is 11.3 Å². The van der Waals surface area contributed by atoms with E-state index in [9.17, 15) is 0 Å². The normalized spacial score (nSPS) is 15.6. The zero-order valence-corrected chi connectivity index (χ0v) is 10.7. The first kappa shape index (κ1) is 12.0. The summed E-state index contributed by atoms with van der Waals surface area (Å²) < 4.78 is 5.01. The molecule has 0 aliphatic heterocycles. The topological polar surface area (TPSA) is 34.1 Å². The Hall–Kier alpha value is -0.450. The number of methoxy groups -OCH3 is 1. The van der Waals surface area contributed by atoms with E-state index in [1.54, 1.807) is 7.11 Å². The molecule has 1 aliphatic carbocycles. The standard InChI is InChI=1S/C12H20N2OS/c1-15-7-3-2-6-13-8-11-9-14-12(16-11)10-4-5-10/h9-10,13H,2-8H2,1H3. The summed E-state index contributed by atoms with van der Waals surface area (Å²) in [6, 6.07) is 0. The Kier molecular flexibility index (Phi) is 4.75. The lowest BCUT2D eigenvalue weighted by molar-refractivity contribution is 0.192. The SMILES string of the molecule is COCCCCNCc1cnc(C2CC2)s1. The molecule has 3 nitrogen and oxygen atoms in total. The molecule has 0 unspecified atom stereocenters. The molecule has 0 spiro atoms. The molecule has 4 heteroatoms. The molecular formula is C12H20N2OS. The first-order chi connectivity index (χ1) is 7.90. The Bertz CT molecular complexity index is 310. The number of unbranched alkanes of at least 4 members (excludes halogenated alkanes) is 1. The molecule has 1 N–H and O–H groups in total. The molecule has 1 fully saturated rings. The van der Waals surface area contributed by atoms with Crippen molar-refractivity contribution in [3.8, 4) is 0 Å². The van der Waals surface area contributed by atoms with Crippen molar-refractivity contribution >= 4 is 11.3 Å². The van der Waals surface area contributed by atoms with Gasteiger partial charge in [-0.3, -0.25) is 0 Å². The lowest BCUT2D eigenvalue weighted by Gasteiger charge is -2.01. The second-order valence-corrected chi connectivity index (χ2v) is 5.46. The van der Waals surface area contributed by atoms with Gasteiger partial charge >= 0.3 is 0 Å². The highest BCUT2D eigenvalue weighted by Gasteiger charge is 2.26. The fourth-order valence-electron chi connectivity index (χ4n) is 1.63. The van der Waals surface area contributed by atoms with E-state index in [1.807, 2.05) is 17.5 Å². The molecule has 1 heterocycles. The van der Waals surface area contributed by atoms with Crippen LogP contribution in [0, 0.1) is 0 Å². The molecule has 1 aromatic rings. The Labute approximate surface area is 101 Å². The third-order valence-corrected chi connectivity index (χ3v) is 3.91. The van der Waals surface area contributed by atoms with Gasteiger partial charge in [0, 0.05) is 37.3 Å². The fourth-order valence-corrected chi connectivity index (χ4v) is 2.69. The number of rotatable bonds is 8. The van der Waals surface area contributed by atoms with E-state index in [0.29, 0.717) is 0 Å². The van der Waals surface area contributed by atoms with Crippen LogP contribution < -0.4 is 5.32 Å². The van der Waals surface area contributed by atoms with Crippen molar-refractivity contribution in [3.63, 3.8) is 0 Å². The number of thiazole rings is 1. The largest absolute Gasteiger partial charge is 0.385 e. The van der Waals surface area contributed by atoms with Gasteiger partial charge in [0.1, 0.15) is 0 Å². The van der Waals surface area contributed by atoms with Gasteiger partial charge in [-0.1, -0.05) is 0 Å². The lowest BCUT2D eigenvalue weighted by atomic mass is 10.3. The number of hydrogen-bond acceptors (Lipinski definition) is 4. The highest BCUT2D eigenvalue weighted by molar-refractivity contribution is 7.11. The molecule has 2 rings (SSSR count). The Morgan fingerprint density at radius 1 is 1.50 bits per heavy atom. The van der Waals surface area contributed by atoms with E-state index < -0.39 is 0 Å². The Morgan fingerprint density at radius 3 is 3.12 bits per heavy atom. The van der Waals surface area contributed by atoms with Crippen molar-refractivity contribution in [2.75, 3.05) is 20.3 Å². The maximum Gasteiger partial charge on any atom is 0.0959 e. The summed E-state index contributed by atoms with van der Waals surface area (Å²) in [7, 11) is 1.75. The van der Waals surface area contributed by atoms with Gasteiger partial charge in [-0.2, -0.15) is 0 Å². The maximum atomic E-state index is 5.01. The number of aromatic nitrogens is 1. The van der Waals surface area contributed by atoms with Crippen LogP contribution in [0.2, 0.25) is 0 Å². The third kappa shape index (κ3) is 3.85. The van der Waals surface area contributed by atoms with Crippen LogP contribution in [0.1, 0.15) is 41.5 Å². The quantitative estimate of drug-likeness (QED) is 0.709. The molecule has 1 aromatic heterocycles. The second kappa shape index (κ2) is 6.33. The van der Waals surface area contributed by atoms with Gasteiger partial charge in [0.15, 0.2) is 0 Å². The van der Waals surface area contributed by atoms with Gasteiger partial charge in [0.25, 0.3) is 0 Å².